The van der Waals surface area contributed by atoms with Gasteiger partial charge in [0.1, 0.15) is 17.3 Å². The summed E-state index contributed by atoms with van der Waals surface area (Å²) in [5.41, 5.74) is 3.73. The number of rotatable bonds is 13. The molecule has 3 aromatic rings. The van der Waals surface area contributed by atoms with Gasteiger partial charge in [-0.3, -0.25) is 0 Å². The molecule has 0 aliphatic rings. The number of hydrogen-bond acceptors (Lipinski definition) is 7. The van der Waals surface area contributed by atoms with Crippen molar-refractivity contribution < 1.29 is 31.6 Å². The number of carbonyl (C=O) groups is 1. The summed E-state index contributed by atoms with van der Waals surface area (Å²) < 4.78 is 49.1. The Morgan fingerprint density at radius 3 is 2.30 bits per heavy atom. The van der Waals surface area contributed by atoms with Crippen molar-refractivity contribution in [2.45, 2.75) is 64.9 Å². The number of methoxy groups -OCH3 is 1. The van der Waals surface area contributed by atoms with Gasteiger partial charge >= 0.3 is 16.1 Å². The van der Waals surface area contributed by atoms with Crippen LogP contribution in [-0.4, -0.2) is 28.1 Å². The Hall–Kier alpha value is -3.78. The lowest BCUT2D eigenvalue weighted by Gasteiger charge is -2.23. The zero-order valence-corrected chi connectivity index (χ0v) is 24.8. The van der Waals surface area contributed by atoms with Crippen molar-refractivity contribution in [2.24, 2.45) is 0 Å². The largest absolute Gasteiger partial charge is 0.492 e. The lowest BCUT2D eigenvalue weighted by molar-refractivity contribution is -0.138. The minimum absolute atomic E-state index is 0.0649. The van der Waals surface area contributed by atoms with Crippen molar-refractivity contribution in [3.05, 3.63) is 94.6 Å². The molecule has 0 fully saturated rings. The molecule has 0 N–H and O–H groups in total. The quantitative estimate of drug-likeness (QED) is 0.124. The third kappa shape index (κ3) is 7.88. The fourth-order valence-corrected chi connectivity index (χ4v) is 5.19. The van der Waals surface area contributed by atoms with E-state index in [1.54, 1.807) is 39.0 Å². The van der Waals surface area contributed by atoms with Crippen LogP contribution in [0.2, 0.25) is 0 Å². The highest BCUT2D eigenvalue weighted by Crippen LogP contribution is 2.45. The third-order valence-electron chi connectivity index (χ3n) is 6.58. The topological polar surface area (TPSA) is 88.1 Å². The fourth-order valence-electron chi connectivity index (χ4n) is 4.21. The van der Waals surface area contributed by atoms with E-state index < -0.39 is 10.1 Å². The molecule has 0 radical (unpaired) electrons. The normalized spacial score (nSPS) is 12.5. The van der Waals surface area contributed by atoms with Gasteiger partial charge in [0.05, 0.1) is 13.7 Å². The van der Waals surface area contributed by atoms with Crippen molar-refractivity contribution in [2.75, 3.05) is 13.7 Å². The van der Waals surface area contributed by atoms with Gasteiger partial charge in [-0.25, -0.2) is 4.79 Å². The first-order valence-electron chi connectivity index (χ1n) is 13.3. The summed E-state index contributed by atoms with van der Waals surface area (Å²) in [6.45, 7) is 9.78. The van der Waals surface area contributed by atoms with Crippen molar-refractivity contribution >= 4 is 16.1 Å². The highest BCUT2D eigenvalue weighted by atomic mass is 32.2. The number of hydrogen-bond donors (Lipinski definition) is 0. The molecule has 0 aromatic heterocycles. The summed E-state index contributed by atoms with van der Waals surface area (Å²) in [7, 11) is -2.56. The molecule has 0 bridgehead atoms. The molecule has 0 amide bonds. The molecule has 0 saturated carbocycles. The maximum absolute atomic E-state index is 13.2. The van der Waals surface area contributed by atoms with Gasteiger partial charge in [-0.05, 0) is 70.2 Å². The van der Waals surface area contributed by atoms with E-state index in [0.717, 1.165) is 16.7 Å². The van der Waals surface area contributed by atoms with Crippen molar-refractivity contribution in [3.63, 3.8) is 0 Å². The van der Waals surface area contributed by atoms with Gasteiger partial charge in [0.2, 0.25) is 0 Å². The van der Waals surface area contributed by atoms with Gasteiger partial charge in [-0.2, -0.15) is 8.42 Å². The molecule has 40 heavy (non-hydrogen) atoms. The molecule has 3 aromatic carbocycles. The minimum atomic E-state index is -4.09. The molecule has 8 heteroatoms. The molecule has 0 heterocycles. The second-order valence-electron chi connectivity index (χ2n) is 9.66. The van der Waals surface area contributed by atoms with E-state index in [4.69, 9.17) is 18.4 Å². The molecule has 3 rings (SSSR count). The number of carbonyl (C=O) groups excluding carboxylic acids is 1. The first kappa shape index (κ1) is 30.8. The van der Waals surface area contributed by atoms with E-state index in [0.29, 0.717) is 48.7 Å². The highest BCUT2D eigenvalue weighted by Gasteiger charge is 2.26. The van der Waals surface area contributed by atoms with Crippen molar-refractivity contribution in [3.8, 4) is 17.2 Å². The average Bonchev–Trinajstić information content (AvgIpc) is 2.93. The highest BCUT2D eigenvalue weighted by molar-refractivity contribution is 7.87. The van der Waals surface area contributed by atoms with Crippen LogP contribution in [0.4, 0.5) is 0 Å². The molecule has 1 atom stereocenters. The number of allylic oxidation sites excluding steroid dienone is 1. The fraction of sp³-hybridized carbons (Fsp3) is 0.344. The van der Waals surface area contributed by atoms with Crippen LogP contribution < -0.4 is 13.7 Å². The second kappa shape index (κ2) is 14.0. The van der Waals surface area contributed by atoms with Crippen LogP contribution in [0.1, 0.15) is 61.8 Å². The Morgan fingerprint density at radius 2 is 1.68 bits per heavy atom. The van der Waals surface area contributed by atoms with Crippen LogP contribution in [-0.2, 0) is 26.3 Å². The monoisotopic (exact) mass is 566 g/mol. The number of esters is 1. The second-order valence-corrected chi connectivity index (χ2v) is 11.2. The van der Waals surface area contributed by atoms with E-state index in [2.05, 4.69) is 0 Å². The zero-order chi connectivity index (χ0) is 29.3. The number of aryl methyl sites for hydroxylation is 1. The van der Waals surface area contributed by atoms with Crippen LogP contribution in [0, 0.1) is 13.8 Å². The smallest absolute Gasteiger partial charge is 0.339 e. The van der Waals surface area contributed by atoms with Gasteiger partial charge in [-0.1, -0.05) is 61.0 Å². The molecule has 1 unspecified atom stereocenters. The van der Waals surface area contributed by atoms with Crippen LogP contribution in [0.5, 0.6) is 17.2 Å². The molecule has 0 aliphatic carbocycles. The van der Waals surface area contributed by atoms with E-state index in [-0.39, 0.29) is 22.5 Å². The predicted molar refractivity (Wildman–Crippen MR) is 156 cm³/mol. The third-order valence-corrected chi connectivity index (χ3v) is 7.83. The zero-order valence-electron chi connectivity index (χ0n) is 24.0. The minimum Gasteiger partial charge on any atom is -0.492 e. The van der Waals surface area contributed by atoms with Crippen molar-refractivity contribution in [1.82, 2.24) is 0 Å². The molecular weight excluding hydrogens is 528 g/mol. The van der Waals surface area contributed by atoms with E-state index >= 15 is 0 Å². The number of benzene rings is 3. The summed E-state index contributed by atoms with van der Waals surface area (Å²) in [4.78, 5) is 12.1. The van der Waals surface area contributed by atoms with Gasteiger partial charge in [0.15, 0.2) is 11.5 Å². The van der Waals surface area contributed by atoms with Gasteiger partial charge in [0, 0.05) is 16.7 Å². The maximum atomic E-state index is 13.2. The summed E-state index contributed by atoms with van der Waals surface area (Å²) in [6, 6.07) is 18.0. The van der Waals surface area contributed by atoms with Crippen LogP contribution in [0.15, 0.2) is 77.2 Å². The predicted octanol–water partition coefficient (Wildman–Crippen LogP) is 7.05. The Bertz CT molecular complexity index is 1430. The molecule has 0 aliphatic heterocycles. The Balaban J connectivity index is 1.99. The molecule has 0 saturated heterocycles. The first-order valence-corrected chi connectivity index (χ1v) is 14.7. The van der Waals surface area contributed by atoms with E-state index in [1.165, 1.54) is 19.2 Å². The van der Waals surface area contributed by atoms with E-state index in [9.17, 15) is 13.2 Å². The summed E-state index contributed by atoms with van der Waals surface area (Å²) in [5, 5.41) is 0. The molecule has 214 valence electrons. The summed E-state index contributed by atoms with van der Waals surface area (Å²) in [5.74, 6) is 0.687. The molecule has 7 nitrogen and oxygen atoms in total. The average molecular weight is 567 g/mol. The maximum Gasteiger partial charge on any atom is 0.339 e. The Morgan fingerprint density at radius 1 is 1.00 bits per heavy atom. The Kier molecular flexibility index (Phi) is 10.8. The Labute approximate surface area is 237 Å². The molecule has 0 spiro atoms. The number of ether oxygens (including phenoxy) is 3. The van der Waals surface area contributed by atoms with Crippen LogP contribution in [0.3, 0.4) is 0 Å². The molecular formula is C32H38O7S. The lowest BCUT2D eigenvalue weighted by atomic mass is 9.93. The first-order chi connectivity index (χ1) is 19.1. The van der Waals surface area contributed by atoms with Crippen LogP contribution in [0.25, 0.3) is 0 Å². The van der Waals surface area contributed by atoms with Crippen molar-refractivity contribution in [1.29, 1.82) is 0 Å². The summed E-state index contributed by atoms with van der Waals surface area (Å²) in [6.07, 6.45) is 3.12. The van der Waals surface area contributed by atoms with E-state index in [1.807, 2.05) is 50.3 Å². The summed E-state index contributed by atoms with van der Waals surface area (Å²) >= 11 is 0. The SMILES string of the molecule is CCOC(=O)/C(C)=C\CCC(C)c1cc(OS(=O)(=O)c2ccc(C)cc2)c(C)c(OC)c1OCc1ccccc1. The van der Waals surface area contributed by atoms with Gasteiger partial charge in [-0.15, -0.1) is 0 Å². The standard InChI is InChI=1S/C32H38O7S/c1-7-37-32(33)24(4)13-11-12-23(3)28-20-29(39-40(34,35)27-18-16-22(2)17-19-27)25(5)30(36-6)31(28)38-21-26-14-9-8-10-15-26/h8-10,13-20,23H,7,11-12,21H2,1-6H3/b24-13-. The van der Waals surface area contributed by atoms with Gasteiger partial charge in [0.25, 0.3) is 0 Å². The lowest BCUT2D eigenvalue weighted by Crippen LogP contribution is -2.12. The van der Waals surface area contributed by atoms with Crippen LogP contribution >= 0.6 is 0 Å². The van der Waals surface area contributed by atoms with Gasteiger partial charge < -0.3 is 18.4 Å².